The largest absolute Gasteiger partial charge is 0.396 e. The van der Waals surface area contributed by atoms with Crippen LogP contribution in [0.25, 0.3) is 0 Å². The van der Waals surface area contributed by atoms with Crippen LogP contribution in [0, 0.1) is 5.41 Å². The van der Waals surface area contributed by atoms with Crippen LogP contribution >= 0.6 is 0 Å². The molecule has 0 heterocycles. The van der Waals surface area contributed by atoms with Crippen LogP contribution in [0.4, 0.5) is 0 Å². The monoisotopic (exact) mass is 175 g/mol. The van der Waals surface area contributed by atoms with Gasteiger partial charge in [0.15, 0.2) is 5.96 Å². The lowest BCUT2D eigenvalue weighted by Gasteiger charge is -2.21. The van der Waals surface area contributed by atoms with Crippen molar-refractivity contribution in [3.8, 4) is 0 Å². The second-order valence-corrected chi connectivity index (χ2v) is 2.53. The highest BCUT2D eigenvalue weighted by atomic mass is 16.3. The number of hydrogen-bond donors (Lipinski definition) is 4. The summed E-state index contributed by atoms with van der Waals surface area (Å²) in [5, 5.41) is 24.2. The summed E-state index contributed by atoms with van der Waals surface area (Å²) in [4.78, 5) is 1.63. The van der Waals surface area contributed by atoms with Gasteiger partial charge in [-0.05, 0) is 12.8 Å². The van der Waals surface area contributed by atoms with Crippen LogP contribution in [0.1, 0.15) is 12.8 Å². The molecule has 5 N–H and O–H groups in total. The van der Waals surface area contributed by atoms with Gasteiger partial charge in [0.1, 0.15) is 0 Å². The van der Waals surface area contributed by atoms with E-state index in [1.807, 2.05) is 0 Å². The van der Waals surface area contributed by atoms with Gasteiger partial charge in [0.05, 0.1) is 0 Å². The van der Waals surface area contributed by atoms with Crippen molar-refractivity contribution >= 4 is 5.96 Å². The molecular weight excluding hydrogens is 158 g/mol. The first-order valence-corrected chi connectivity index (χ1v) is 4.03. The van der Waals surface area contributed by atoms with Gasteiger partial charge in [-0.15, -0.1) is 0 Å². The fraction of sp³-hybridized carbons (Fsp3) is 0.857. The van der Waals surface area contributed by atoms with E-state index in [2.05, 4.69) is 0 Å². The molecule has 0 aliphatic heterocycles. The molecule has 5 heteroatoms. The summed E-state index contributed by atoms with van der Waals surface area (Å²) >= 11 is 0. The van der Waals surface area contributed by atoms with Gasteiger partial charge in [0.25, 0.3) is 0 Å². The summed E-state index contributed by atoms with van der Waals surface area (Å²) in [6, 6.07) is 0. The third-order valence-corrected chi connectivity index (χ3v) is 1.51. The summed E-state index contributed by atoms with van der Waals surface area (Å²) in [5.41, 5.74) is 5.26. The Balaban J connectivity index is 3.62. The zero-order valence-electron chi connectivity index (χ0n) is 7.16. The third-order valence-electron chi connectivity index (χ3n) is 1.51. The van der Waals surface area contributed by atoms with E-state index in [4.69, 9.17) is 21.4 Å². The molecule has 0 aromatic carbocycles. The second kappa shape index (κ2) is 6.87. The predicted octanol–water partition coefficient (Wildman–Crippen LogP) is -1.05. The lowest BCUT2D eigenvalue weighted by Crippen LogP contribution is -2.38. The lowest BCUT2D eigenvalue weighted by atomic mass is 10.3. The van der Waals surface area contributed by atoms with Crippen LogP contribution in [0.3, 0.4) is 0 Å². The number of nitrogens with one attached hydrogen (secondary N) is 1. The molecule has 0 saturated heterocycles. The zero-order valence-corrected chi connectivity index (χ0v) is 7.16. The van der Waals surface area contributed by atoms with Gasteiger partial charge in [-0.1, -0.05) is 0 Å². The van der Waals surface area contributed by atoms with Gasteiger partial charge in [-0.3, -0.25) is 5.41 Å². The van der Waals surface area contributed by atoms with Crippen molar-refractivity contribution < 1.29 is 10.2 Å². The van der Waals surface area contributed by atoms with Crippen LogP contribution in [-0.2, 0) is 0 Å². The van der Waals surface area contributed by atoms with Gasteiger partial charge < -0.3 is 20.8 Å². The first-order valence-electron chi connectivity index (χ1n) is 4.03. The molecule has 0 aromatic rings. The van der Waals surface area contributed by atoms with Crippen molar-refractivity contribution in [1.82, 2.24) is 4.90 Å². The molecule has 0 bridgehead atoms. The van der Waals surface area contributed by atoms with Gasteiger partial charge in [0, 0.05) is 26.3 Å². The summed E-state index contributed by atoms with van der Waals surface area (Å²) < 4.78 is 0. The Morgan fingerprint density at radius 2 is 1.58 bits per heavy atom. The number of hydrogen-bond acceptors (Lipinski definition) is 3. The Hall–Kier alpha value is -0.810. The normalized spacial score (nSPS) is 9.83. The number of aliphatic hydroxyl groups is 2. The molecule has 0 saturated carbocycles. The summed E-state index contributed by atoms with van der Waals surface area (Å²) in [7, 11) is 0. The van der Waals surface area contributed by atoms with E-state index in [0.29, 0.717) is 25.9 Å². The molecule has 0 fully saturated rings. The van der Waals surface area contributed by atoms with E-state index in [9.17, 15) is 0 Å². The Morgan fingerprint density at radius 3 is 1.83 bits per heavy atom. The fourth-order valence-corrected chi connectivity index (χ4v) is 0.876. The van der Waals surface area contributed by atoms with Crippen LogP contribution in [0.5, 0.6) is 0 Å². The molecule has 0 radical (unpaired) electrons. The Labute approximate surface area is 72.3 Å². The maximum Gasteiger partial charge on any atom is 0.188 e. The van der Waals surface area contributed by atoms with Crippen molar-refractivity contribution in [2.45, 2.75) is 12.8 Å². The highest BCUT2D eigenvalue weighted by Gasteiger charge is 2.04. The molecule has 72 valence electrons. The maximum atomic E-state index is 8.53. The summed E-state index contributed by atoms with van der Waals surface area (Å²) in [5.74, 6) is -0.00287. The molecule has 0 aliphatic carbocycles. The fourth-order valence-electron chi connectivity index (χ4n) is 0.876. The topological polar surface area (TPSA) is 93.6 Å². The SMILES string of the molecule is N=C(N)N(CCCO)CCCO. The molecule has 0 spiro atoms. The minimum atomic E-state index is -0.00287. The highest BCUT2D eigenvalue weighted by molar-refractivity contribution is 5.74. The molecule has 0 unspecified atom stereocenters. The Bertz CT molecular complexity index is 122. The average molecular weight is 175 g/mol. The minimum absolute atomic E-state index is 0.00287. The number of nitrogens with two attached hydrogens (primary N) is 1. The standard InChI is InChI=1S/C7H17N3O2/c8-7(9)10(3-1-5-11)4-2-6-12/h11-12H,1-6H2,(H3,8,9). The smallest absolute Gasteiger partial charge is 0.188 e. The number of nitrogens with zero attached hydrogens (tertiary/aromatic N) is 1. The first-order chi connectivity index (χ1) is 5.72. The molecule has 12 heavy (non-hydrogen) atoms. The van der Waals surface area contributed by atoms with E-state index in [1.54, 1.807) is 4.90 Å². The minimum Gasteiger partial charge on any atom is -0.396 e. The molecule has 0 aromatic heterocycles. The van der Waals surface area contributed by atoms with E-state index in [0.717, 1.165) is 0 Å². The summed E-state index contributed by atoms with van der Waals surface area (Å²) in [6.45, 7) is 1.35. The van der Waals surface area contributed by atoms with Gasteiger partial charge in [-0.2, -0.15) is 0 Å². The molecule has 0 amide bonds. The number of aliphatic hydroxyl groups excluding tert-OH is 2. The van der Waals surface area contributed by atoms with Crippen LogP contribution in [-0.4, -0.2) is 47.4 Å². The van der Waals surface area contributed by atoms with Crippen molar-refractivity contribution in [1.29, 1.82) is 5.41 Å². The van der Waals surface area contributed by atoms with E-state index in [-0.39, 0.29) is 19.2 Å². The van der Waals surface area contributed by atoms with Crippen molar-refractivity contribution in [2.75, 3.05) is 26.3 Å². The Morgan fingerprint density at radius 1 is 1.17 bits per heavy atom. The van der Waals surface area contributed by atoms with Gasteiger partial charge in [0.2, 0.25) is 0 Å². The zero-order chi connectivity index (χ0) is 9.40. The quantitative estimate of drug-likeness (QED) is 0.306. The van der Waals surface area contributed by atoms with Crippen molar-refractivity contribution in [2.24, 2.45) is 5.73 Å². The predicted molar refractivity (Wildman–Crippen MR) is 46.9 cm³/mol. The van der Waals surface area contributed by atoms with Gasteiger partial charge in [-0.25, -0.2) is 0 Å². The van der Waals surface area contributed by atoms with E-state index in [1.165, 1.54) is 0 Å². The van der Waals surface area contributed by atoms with Crippen molar-refractivity contribution in [3.63, 3.8) is 0 Å². The molecule has 0 atom stereocenters. The van der Waals surface area contributed by atoms with Crippen LogP contribution in [0.15, 0.2) is 0 Å². The third kappa shape index (κ3) is 4.92. The molecule has 0 aliphatic rings. The number of rotatable bonds is 6. The van der Waals surface area contributed by atoms with Gasteiger partial charge >= 0.3 is 0 Å². The lowest BCUT2D eigenvalue weighted by molar-refractivity contribution is 0.245. The average Bonchev–Trinajstić information content (AvgIpc) is 2.04. The molecule has 0 rings (SSSR count). The van der Waals surface area contributed by atoms with E-state index < -0.39 is 0 Å². The highest BCUT2D eigenvalue weighted by Crippen LogP contribution is 1.92. The Kier molecular flexibility index (Phi) is 6.41. The van der Waals surface area contributed by atoms with Crippen molar-refractivity contribution in [3.05, 3.63) is 0 Å². The first kappa shape index (κ1) is 11.2. The summed E-state index contributed by atoms with van der Waals surface area (Å²) in [6.07, 6.45) is 1.20. The van der Waals surface area contributed by atoms with Crippen LogP contribution < -0.4 is 5.73 Å². The van der Waals surface area contributed by atoms with Crippen LogP contribution in [0.2, 0.25) is 0 Å². The van der Waals surface area contributed by atoms with E-state index >= 15 is 0 Å². The molecule has 5 nitrogen and oxygen atoms in total. The molecular formula is C7H17N3O2. The second-order valence-electron chi connectivity index (χ2n) is 2.53. The number of guanidine groups is 1. The maximum absolute atomic E-state index is 8.53.